The third-order valence-electron chi connectivity index (χ3n) is 2.78. The second-order valence-corrected chi connectivity index (χ2v) is 6.27. The molecule has 1 aromatic rings. The van der Waals surface area contributed by atoms with Crippen molar-refractivity contribution in [3.63, 3.8) is 0 Å². The molecule has 5 heteroatoms. The Hall–Kier alpha value is -0.940. The molecule has 0 bridgehead atoms. The molecule has 0 saturated carbocycles. The normalized spacial score (nSPS) is 13.6. The summed E-state index contributed by atoms with van der Waals surface area (Å²) in [6.07, 6.45) is 0.527. The predicted molar refractivity (Wildman–Crippen MR) is 66.3 cm³/mol. The van der Waals surface area contributed by atoms with Gasteiger partial charge in [-0.1, -0.05) is 6.92 Å². The minimum absolute atomic E-state index is 0.193. The van der Waals surface area contributed by atoms with Gasteiger partial charge in [0.25, 0.3) is 0 Å². The Morgan fingerprint density at radius 1 is 1.41 bits per heavy atom. The lowest BCUT2D eigenvalue weighted by Crippen LogP contribution is -2.31. The highest BCUT2D eigenvalue weighted by Crippen LogP contribution is 2.20. The molecule has 0 aliphatic carbocycles. The molecule has 1 unspecified atom stereocenters. The van der Waals surface area contributed by atoms with Crippen molar-refractivity contribution in [2.24, 2.45) is 0 Å². The molecule has 1 aromatic carbocycles. The summed E-state index contributed by atoms with van der Waals surface area (Å²) >= 11 is 0. The van der Waals surface area contributed by atoms with Crippen LogP contribution < -0.4 is 5.32 Å². The van der Waals surface area contributed by atoms with Crippen molar-refractivity contribution in [3.8, 4) is 0 Å². The fourth-order valence-electron chi connectivity index (χ4n) is 1.69. The maximum absolute atomic E-state index is 13.1. The molecule has 0 spiro atoms. The number of aryl methyl sites for hydroxylation is 1. The van der Waals surface area contributed by atoms with Crippen LogP contribution in [-0.4, -0.2) is 27.3 Å². The number of nitrogens with one attached hydrogen (secondary N) is 1. The van der Waals surface area contributed by atoms with Gasteiger partial charge >= 0.3 is 0 Å². The van der Waals surface area contributed by atoms with Gasteiger partial charge in [0.2, 0.25) is 0 Å². The largest absolute Gasteiger partial charge is 0.318 e. The van der Waals surface area contributed by atoms with E-state index in [1.54, 1.807) is 14.0 Å². The van der Waals surface area contributed by atoms with Crippen LogP contribution >= 0.6 is 0 Å². The molecule has 0 aliphatic heterocycles. The lowest BCUT2D eigenvalue weighted by molar-refractivity contribution is 0.566. The van der Waals surface area contributed by atoms with E-state index in [1.807, 2.05) is 6.92 Å². The zero-order valence-electron chi connectivity index (χ0n) is 10.3. The van der Waals surface area contributed by atoms with E-state index >= 15 is 0 Å². The molecule has 3 nitrogen and oxygen atoms in total. The Kier molecular flexibility index (Phi) is 4.65. The lowest BCUT2D eigenvalue weighted by Gasteiger charge is -2.15. The molecule has 1 atom stereocenters. The van der Waals surface area contributed by atoms with Gasteiger partial charge in [0.15, 0.2) is 9.84 Å². The second-order valence-electron chi connectivity index (χ2n) is 4.04. The third-order valence-corrected chi connectivity index (χ3v) is 5.07. The molecule has 0 aromatic heterocycles. The Balaban J connectivity index is 3.15. The van der Waals surface area contributed by atoms with Crippen LogP contribution in [0.3, 0.4) is 0 Å². The van der Waals surface area contributed by atoms with E-state index in [0.717, 1.165) is 0 Å². The van der Waals surface area contributed by atoms with Crippen molar-refractivity contribution < 1.29 is 12.8 Å². The summed E-state index contributed by atoms with van der Waals surface area (Å²) in [6.45, 7) is 3.79. The fraction of sp³-hybridized carbons (Fsp3) is 0.500. The van der Waals surface area contributed by atoms with Crippen LogP contribution in [-0.2, 0) is 9.84 Å². The summed E-state index contributed by atoms with van der Waals surface area (Å²) in [5, 5.41) is 2.39. The molecule has 96 valence electrons. The second kappa shape index (κ2) is 5.60. The number of sulfone groups is 1. The van der Waals surface area contributed by atoms with E-state index in [1.165, 1.54) is 18.2 Å². The summed E-state index contributed by atoms with van der Waals surface area (Å²) in [6, 6.07) is 3.92. The van der Waals surface area contributed by atoms with Gasteiger partial charge in [0.05, 0.1) is 10.1 Å². The Morgan fingerprint density at radius 3 is 2.53 bits per heavy atom. The lowest BCUT2D eigenvalue weighted by atomic mass is 10.2. The average molecular weight is 259 g/mol. The van der Waals surface area contributed by atoms with E-state index in [2.05, 4.69) is 5.32 Å². The minimum atomic E-state index is -3.38. The molecule has 0 radical (unpaired) electrons. The number of hydrogen-bond acceptors (Lipinski definition) is 3. The van der Waals surface area contributed by atoms with Crippen LogP contribution in [0.1, 0.15) is 18.9 Å². The summed E-state index contributed by atoms with van der Waals surface area (Å²) in [7, 11) is -1.67. The van der Waals surface area contributed by atoms with Gasteiger partial charge < -0.3 is 5.32 Å². The smallest absolute Gasteiger partial charge is 0.182 e. The van der Waals surface area contributed by atoms with E-state index in [9.17, 15) is 12.8 Å². The first-order chi connectivity index (χ1) is 7.93. The van der Waals surface area contributed by atoms with Crippen molar-refractivity contribution in [1.29, 1.82) is 0 Å². The molecule has 0 aliphatic rings. The highest BCUT2D eigenvalue weighted by Gasteiger charge is 2.25. The predicted octanol–water partition coefficient (Wildman–Crippen LogP) is 1.91. The Bertz CT molecular complexity index is 485. The maximum atomic E-state index is 13.1. The zero-order valence-corrected chi connectivity index (χ0v) is 11.1. The van der Waals surface area contributed by atoms with Crippen molar-refractivity contribution >= 4 is 9.84 Å². The SMILES string of the molecule is CCC(CNC)S(=O)(=O)c1ccc(F)c(C)c1. The maximum Gasteiger partial charge on any atom is 0.182 e. The summed E-state index contributed by atoms with van der Waals surface area (Å²) in [5.41, 5.74) is 0.352. The number of halogens is 1. The fourth-order valence-corrected chi connectivity index (χ4v) is 3.50. The van der Waals surface area contributed by atoms with Crippen LogP contribution in [0.4, 0.5) is 4.39 Å². The van der Waals surface area contributed by atoms with Crippen LogP contribution in [0.2, 0.25) is 0 Å². The van der Waals surface area contributed by atoms with E-state index in [4.69, 9.17) is 0 Å². The average Bonchev–Trinajstić information content (AvgIpc) is 2.29. The molecule has 0 heterocycles. The van der Waals surface area contributed by atoms with Gasteiger partial charge in [0, 0.05) is 6.54 Å². The first-order valence-electron chi connectivity index (χ1n) is 5.58. The molecule has 17 heavy (non-hydrogen) atoms. The topological polar surface area (TPSA) is 46.2 Å². The van der Waals surface area contributed by atoms with E-state index < -0.39 is 15.1 Å². The summed E-state index contributed by atoms with van der Waals surface area (Å²) in [5.74, 6) is -0.384. The van der Waals surface area contributed by atoms with Crippen molar-refractivity contribution in [3.05, 3.63) is 29.6 Å². The third kappa shape index (κ3) is 3.04. The monoisotopic (exact) mass is 259 g/mol. The molecule has 1 rings (SSSR count). The van der Waals surface area contributed by atoms with Crippen molar-refractivity contribution in [2.45, 2.75) is 30.4 Å². The van der Waals surface area contributed by atoms with E-state index in [-0.39, 0.29) is 10.7 Å². The van der Waals surface area contributed by atoms with Crippen LogP contribution in [0.5, 0.6) is 0 Å². The van der Waals surface area contributed by atoms with Crippen molar-refractivity contribution in [2.75, 3.05) is 13.6 Å². The van der Waals surface area contributed by atoms with Gasteiger partial charge in [-0.2, -0.15) is 0 Å². The van der Waals surface area contributed by atoms with Gasteiger partial charge in [-0.05, 0) is 44.2 Å². The van der Waals surface area contributed by atoms with Crippen LogP contribution in [0.15, 0.2) is 23.1 Å². The Morgan fingerprint density at radius 2 is 2.06 bits per heavy atom. The zero-order chi connectivity index (χ0) is 13.1. The molecular weight excluding hydrogens is 241 g/mol. The van der Waals surface area contributed by atoms with Gasteiger partial charge in [-0.15, -0.1) is 0 Å². The van der Waals surface area contributed by atoms with Gasteiger partial charge in [0.1, 0.15) is 5.82 Å². The van der Waals surface area contributed by atoms with Crippen molar-refractivity contribution in [1.82, 2.24) is 5.32 Å². The highest BCUT2D eigenvalue weighted by molar-refractivity contribution is 7.92. The van der Waals surface area contributed by atoms with Gasteiger partial charge in [-0.3, -0.25) is 0 Å². The molecule has 0 saturated heterocycles. The number of benzene rings is 1. The van der Waals surface area contributed by atoms with Gasteiger partial charge in [-0.25, -0.2) is 12.8 Å². The first kappa shape index (κ1) is 14.1. The Labute approximate surface area is 102 Å². The minimum Gasteiger partial charge on any atom is -0.318 e. The summed E-state index contributed by atoms with van der Waals surface area (Å²) < 4.78 is 37.6. The quantitative estimate of drug-likeness (QED) is 0.822. The highest BCUT2D eigenvalue weighted by atomic mass is 32.2. The molecular formula is C12H18FNO2S. The van der Waals surface area contributed by atoms with Crippen LogP contribution in [0, 0.1) is 12.7 Å². The number of hydrogen-bond donors (Lipinski definition) is 1. The molecule has 0 amide bonds. The molecule has 0 fully saturated rings. The molecule has 1 N–H and O–H groups in total. The number of rotatable bonds is 5. The van der Waals surface area contributed by atoms with Crippen LogP contribution in [0.25, 0.3) is 0 Å². The summed E-state index contributed by atoms with van der Waals surface area (Å²) in [4.78, 5) is 0.193. The standard InChI is InChI=1S/C12H18FNO2S/c1-4-10(8-14-3)17(15,16)11-5-6-12(13)9(2)7-11/h5-7,10,14H,4,8H2,1-3H3. The first-order valence-corrected chi connectivity index (χ1v) is 7.12. The van der Waals surface area contributed by atoms with E-state index in [0.29, 0.717) is 18.5 Å².